The van der Waals surface area contributed by atoms with E-state index in [1.54, 1.807) is 12.1 Å². The van der Waals surface area contributed by atoms with Gasteiger partial charge in [0.05, 0.1) is 12.0 Å². The van der Waals surface area contributed by atoms with Gasteiger partial charge in [0.15, 0.2) is 0 Å². The Labute approximate surface area is 129 Å². The lowest BCUT2D eigenvalue weighted by atomic mass is 9.91. The third-order valence-electron chi connectivity index (χ3n) is 4.08. The first kappa shape index (κ1) is 14.4. The average molecular weight is 297 g/mol. The zero-order chi connectivity index (χ0) is 15.9. The molecule has 1 heterocycles. The molecular formula is C18H19NO3. The average Bonchev–Trinajstić information content (AvgIpc) is 2.81. The fourth-order valence-corrected chi connectivity index (χ4v) is 3.13. The van der Waals surface area contributed by atoms with Gasteiger partial charge in [-0.3, -0.25) is 4.79 Å². The molecule has 1 amide bonds. The molecule has 1 aliphatic heterocycles. The number of carbonyl (C=O) groups is 1. The molecule has 0 fully saturated rings. The number of benzene rings is 2. The fraction of sp³-hybridized carbons (Fsp3) is 0.278. The molecule has 0 saturated heterocycles. The Balaban J connectivity index is 2.21. The summed E-state index contributed by atoms with van der Waals surface area (Å²) in [5.74, 6) is 0.0435. The lowest BCUT2D eigenvalue weighted by Crippen LogP contribution is -2.03. The summed E-state index contributed by atoms with van der Waals surface area (Å²) in [4.78, 5) is 11.7. The normalized spacial score (nSPS) is 13.1. The van der Waals surface area contributed by atoms with Crippen LogP contribution in [0.15, 0.2) is 24.3 Å². The molecule has 22 heavy (non-hydrogen) atoms. The van der Waals surface area contributed by atoms with Gasteiger partial charge >= 0.3 is 0 Å². The molecule has 114 valence electrons. The van der Waals surface area contributed by atoms with E-state index in [4.69, 9.17) is 0 Å². The van der Waals surface area contributed by atoms with Crippen LogP contribution >= 0.6 is 0 Å². The lowest BCUT2D eigenvalue weighted by molar-refractivity contribution is -0.115. The summed E-state index contributed by atoms with van der Waals surface area (Å²) in [6.07, 6.45) is 2.01. The van der Waals surface area contributed by atoms with Gasteiger partial charge in [-0.15, -0.1) is 0 Å². The van der Waals surface area contributed by atoms with Gasteiger partial charge in [0.1, 0.15) is 11.5 Å². The van der Waals surface area contributed by atoms with Crippen molar-refractivity contribution >= 4 is 11.6 Å². The van der Waals surface area contributed by atoms with Crippen molar-refractivity contribution in [2.24, 2.45) is 0 Å². The topological polar surface area (TPSA) is 69.6 Å². The van der Waals surface area contributed by atoms with Crippen LogP contribution < -0.4 is 5.32 Å². The largest absolute Gasteiger partial charge is 0.507 e. The highest BCUT2D eigenvalue weighted by Gasteiger charge is 2.25. The highest BCUT2D eigenvalue weighted by Crippen LogP contribution is 2.44. The van der Waals surface area contributed by atoms with Crippen LogP contribution in [-0.2, 0) is 17.6 Å². The minimum Gasteiger partial charge on any atom is -0.507 e. The number of nitrogens with one attached hydrogen (secondary N) is 1. The Bertz CT molecular complexity index is 742. The van der Waals surface area contributed by atoms with Crippen molar-refractivity contribution in [2.45, 2.75) is 33.1 Å². The van der Waals surface area contributed by atoms with E-state index in [9.17, 15) is 15.0 Å². The number of rotatable bonds is 3. The summed E-state index contributed by atoms with van der Waals surface area (Å²) in [7, 11) is 0. The Kier molecular flexibility index (Phi) is 3.53. The van der Waals surface area contributed by atoms with Gasteiger partial charge in [0.2, 0.25) is 5.91 Å². The first-order valence-electron chi connectivity index (χ1n) is 7.48. The molecule has 3 rings (SSSR count). The third-order valence-corrected chi connectivity index (χ3v) is 4.08. The van der Waals surface area contributed by atoms with Crippen molar-refractivity contribution in [3.8, 4) is 22.6 Å². The number of aromatic hydroxyl groups is 2. The van der Waals surface area contributed by atoms with Crippen LogP contribution in [0.5, 0.6) is 11.5 Å². The molecule has 3 N–H and O–H groups in total. The number of hydrogen-bond donors (Lipinski definition) is 3. The summed E-state index contributed by atoms with van der Waals surface area (Å²) in [6, 6.07) is 7.14. The maximum Gasteiger partial charge on any atom is 0.228 e. The van der Waals surface area contributed by atoms with Crippen LogP contribution in [0.1, 0.15) is 30.0 Å². The number of phenolic OH excluding ortho intramolecular Hbond substituents is 2. The molecule has 0 bridgehead atoms. The van der Waals surface area contributed by atoms with Gasteiger partial charge in [-0.2, -0.15) is 0 Å². The second-order valence-electron chi connectivity index (χ2n) is 5.77. The van der Waals surface area contributed by atoms with E-state index in [0.29, 0.717) is 5.56 Å². The molecule has 0 saturated carbocycles. The summed E-state index contributed by atoms with van der Waals surface area (Å²) in [6.45, 7) is 3.96. The van der Waals surface area contributed by atoms with E-state index in [1.807, 2.05) is 26.0 Å². The van der Waals surface area contributed by atoms with Crippen molar-refractivity contribution in [1.82, 2.24) is 0 Å². The van der Waals surface area contributed by atoms with Gasteiger partial charge in [-0.05, 0) is 53.8 Å². The van der Waals surface area contributed by atoms with Crippen molar-refractivity contribution in [1.29, 1.82) is 0 Å². The van der Waals surface area contributed by atoms with E-state index in [0.717, 1.165) is 40.8 Å². The Morgan fingerprint density at radius 2 is 1.82 bits per heavy atom. The first-order valence-corrected chi connectivity index (χ1v) is 7.48. The SMILES string of the molecule is CCCc1cc(O)c(-c2c(C)ccc3c2CC(=O)N3)c(O)c1. The molecule has 0 unspecified atom stereocenters. The summed E-state index contributed by atoms with van der Waals surface area (Å²) in [5, 5.41) is 23.6. The zero-order valence-corrected chi connectivity index (χ0v) is 12.7. The molecule has 0 aliphatic carbocycles. The summed E-state index contributed by atoms with van der Waals surface area (Å²) in [5.41, 5.74) is 4.56. The Morgan fingerprint density at radius 3 is 2.45 bits per heavy atom. The third kappa shape index (κ3) is 2.30. The van der Waals surface area contributed by atoms with E-state index < -0.39 is 0 Å². The van der Waals surface area contributed by atoms with Crippen molar-refractivity contribution in [2.75, 3.05) is 5.32 Å². The van der Waals surface area contributed by atoms with Crippen molar-refractivity contribution in [3.63, 3.8) is 0 Å². The van der Waals surface area contributed by atoms with E-state index in [1.165, 1.54) is 0 Å². The van der Waals surface area contributed by atoms with Crippen LogP contribution in [0.4, 0.5) is 5.69 Å². The van der Waals surface area contributed by atoms with Gasteiger partial charge in [-0.25, -0.2) is 0 Å². The summed E-state index contributed by atoms with van der Waals surface area (Å²) < 4.78 is 0. The predicted molar refractivity (Wildman–Crippen MR) is 86.3 cm³/mol. The first-order chi connectivity index (χ1) is 10.5. The predicted octanol–water partition coefficient (Wildman–Crippen LogP) is 3.52. The molecule has 0 spiro atoms. The Morgan fingerprint density at radius 1 is 1.14 bits per heavy atom. The van der Waals surface area contributed by atoms with Gasteiger partial charge < -0.3 is 15.5 Å². The maximum atomic E-state index is 11.7. The highest BCUT2D eigenvalue weighted by molar-refractivity contribution is 6.03. The number of phenols is 2. The van der Waals surface area contributed by atoms with Gasteiger partial charge in [-0.1, -0.05) is 19.4 Å². The number of hydrogen-bond acceptors (Lipinski definition) is 3. The molecular weight excluding hydrogens is 278 g/mol. The Hall–Kier alpha value is -2.49. The molecule has 0 radical (unpaired) electrons. The molecule has 1 aliphatic rings. The summed E-state index contributed by atoms with van der Waals surface area (Å²) >= 11 is 0. The smallest absolute Gasteiger partial charge is 0.228 e. The van der Waals surface area contributed by atoms with Gasteiger partial charge in [0, 0.05) is 5.69 Å². The molecule has 4 nitrogen and oxygen atoms in total. The minimum absolute atomic E-state index is 0.0549. The van der Waals surface area contributed by atoms with Crippen LogP contribution in [0.2, 0.25) is 0 Å². The number of amides is 1. The van der Waals surface area contributed by atoms with Crippen LogP contribution in [-0.4, -0.2) is 16.1 Å². The van der Waals surface area contributed by atoms with E-state index in [-0.39, 0.29) is 23.8 Å². The van der Waals surface area contributed by atoms with Crippen molar-refractivity contribution < 1.29 is 15.0 Å². The molecule has 0 atom stereocenters. The number of aryl methyl sites for hydroxylation is 2. The van der Waals surface area contributed by atoms with Crippen LogP contribution in [0.3, 0.4) is 0 Å². The molecule has 2 aromatic rings. The van der Waals surface area contributed by atoms with E-state index >= 15 is 0 Å². The number of anilines is 1. The second-order valence-corrected chi connectivity index (χ2v) is 5.77. The fourth-order valence-electron chi connectivity index (χ4n) is 3.13. The maximum absolute atomic E-state index is 11.7. The quantitative estimate of drug-likeness (QED) is 0.812. The molecule has 2 aromatic carbocycles. The lowest BCUT2D eigenvalue weighted by Gasteiger charge is -2.15. The monoisotopic (exact) mass is 297 g/mol. The standard InChI is InChI=1S/C18H19NO3/c1-3-4-11-7-14(20)18(15(21)8-11)17-10(2)5-6-13-12(17)9-16(22)19-13/h5-8,20-21H,3-4,9H2,1-2H3,(H,19,22). The molecule has 4 heteroatoms. The second kappa shape index (κ2) is 5.37. The van der Waals surface area contributed by atoms with Crippen molar-refractivity contribution in [3.05, 3.63) is 41.0 Å². The van der Waals surface area contributed by atoms with Gasteiger partial charge in [0.25, 0.3) is 0 Å². The zero-order valence-electron chi connectivity index (χ0n) is 12.7. The highest BCUT2D eigenvalue weighted by atomic mass is 16.3. The number of fused-ring (bicyclic) bond motifs is 1. The number of carbonyl (C=O) groups excluding carboxylic acids is 1. The minimum atomic E-state index is -0.0663. The van der Waals surface area contributed by atoms with Crippen LogP contribution in [0, 0.1) is 6.92 Å². The van der Waals surface area contributed by atoms with Crippen LogP contribution in [0.25, 0.3) is 11.1 Å². The van der Waals surface area contributed by atoms with E-state index in [2.05, 4.69) is 5.32 Å². The molecule has 0 aromatic heterocycles.